The van der Waals surface area contributed by atoms with Crippen molar-refractivity contribution < 1.29 is 0 Å². The Labute approximate surface area is 236 Å². The van der Waals surface area contributed by atoms with Gasteiger partial charge in [0.2, 0.25) is 0 Å². The number of hydrogen-bond donors (Lipinski definition) is 0. The Morgan fingerprint density at radius 3 is 2.42 bits per heavy atom. The molecule has 2 nitrogen and oxygen atoms in total. The molecule has 0 spiro atoms. The zero-order chi connectivity index (χ0) is 28.0. The highest BCUT2D eigenvalue weighted by Crippen LogP contribution is 2.33. The maximum absolute atomic E-state index is 4.71. The molecule has 0 saturated heterocycles. The van der Waals surface area contributed by atoms with E-state index >= 15 is 0 Å². The molecule has 4 atom stereocenters. The van der Waals surface area contributed by atoms with Crippen molar-refractivity contribution in [2.75, 3.05) is 26.7 Å². The molecule has 2 heteroatoms. The molecular formula is C36H58N2. The van der Waals surface area contributed by atoms with E-state index in [4.69, 9.17) is 4.99 Å². The van der Waals surface area contributed by atoms with Crippen LogP contribution >= 0.6 is 0 Å². The Hall–Kier alpha value is -1.99. The number of rotatable bonds is 20. The van der Waals surface area contributed by atoms with Gasteiger partial charge in [0.15, 0.2) is 0 Å². The van der Waals surface area contributed by atoms with Crippen molar-refractivity contribution in [3.05, 3.63) is 52.0 Å². The highest BCUT2D eigenvalue weighted by molar-refractivity contribution is 5.60. The average molecular weight is 519 g/mol. The summed E-state index contributed by atoms with van der Waals surface area (Å²) >= 11 is 0. The summed E-state index contributed by atoms with van der Waals surface area (Å²) in [6.07, 6.45) is 21.2. The molecule has 0 aromatic carbocycles. The van der Waals surface area contributed by atoms with Crippen molar-refractivity contribution in [2.24, 2.45) is 28.7 Å². The normalized spacial score (nSPS) is 15.5. The average Bonchev–Trinajstić information content (AvgIpc) is 3.73. The summed E-state index contributed by atoms with van der Waals surface area (Å²) in [6, 6.07) is 0. The van der Waals surface area contributed by atoms with Crippen LogP contribution in [0.4, 0.5) is 0 Å². The van der Waals surface area contributed by atoms with E-state index in [0.717, 1.165) is 38.3 Å². The van der Waals surface area contributed by atoms with Gasteiger partial charge in [0, 0.05) is 25.2 Å². The molecule has 1 aliphatic carbocycles. The van der Waals surface area contributed by atoms with Crippen molar-refractivity contribution in [2.45, 2.75) is 119 Å². The van der Waals surface area contributed by atoms with Crippen LogP contribution in [0.15, 0.2) is 56.9 Å². The smallest absolute Gasteiger partial charge is 0.0411 e. The number of unbranched alkanes of at least 4 members (excludes halogenated alkanes) is 1. The van der Waals surface area contributed by atoms with E-state index in [1.54, 1.807) is 5.57 Å². The Kier molecular flexibility index (Phi) is 19.6. The van der Waals surface area contributed by atoms with Crippen molar-refractivity contribution in [1.29, 1.82) is 0 Å². The maximum atomic E-state index is 4.71. The monoisotopic (exact) mass is 518 g/mol. The zero-order valence-electron chi connectivity index (χ0n) is 26.0. The van der Waals surface area contributed by atoms with E-state index in [1.165, 1.54) is 69.9 Å². The third-order valence-corrected chi connectivity index (χ3v) is 7.54. The summed E-state index contributed by atoms with van der Waals surface area (Å²) in [5.74, 6) is 2.49. The van der Waals surface area contributed by atoms with Crippen LogP contribution in [0.25, 0.3) is 0 Å². The fourth-order valence-electron chi connectivity index (χ4n) is 4.67. The molecule has 0 heterocycles. The third kappa shape index (κ3) is 17.5. The molecule has 0 bridgehead atoms. The standard InChI is InChI=1S/C36H58N2/c1-8-12-14-15-16-17-20-35(19-13-9-2)36(27-33-23-24-33)25-26-38(7)30-34(18-10-3)22-21-32(6)29-37-28-31(5)11-4/h12,27,29,31-32,34,36H,8-11,13,18-19,21-26,28,30H2,1-7H3. The van der Waals surface area contributed by atoms with Gasteiger partial charge in [-0.25, -0.2) is 0 Å². The van der Waals surface area contributed by atoms with Crippen molar-refractivity contribution in [3.8, 4) is 0 Å². The Morgan fingerprint density at radius 1 is 0.974 bits per heavy atom. The number of allylic oxidation sites excluding steroid dienone is 4. The van der Waals surface area contributed by atoms with Crippen molar-refractivity contribution in [3.63, 3.8) is 0 Å². The Balaban J connectivity index is 2.82. The summed E-state index contributed by atoms with van der Waals surface area (Å²) in [4.78, 5) is 7.29. The minimum atomic E-state index is 0.456. The van der Waals surface area contributed by atoms with Crippen LogP contribution in [-0.4, -0.2) is 37.8 Å². The van der Waals surface area contributed by atoms with E-state index in [-0.39, 0.29) is 0 Å². The minimum Gasteiger partial charge on any atom is -0.306 e. The second-order valence-corrected chi connectivity index (χ2v) is 11.6. The van der Waals surface area contributed by atoms with Gasteiger partial charge in [0.25, 0.3) is 0 Å². The Bertz CT molecular complexity index is 899. The second kappa shape index (κ2) is 21.9. The first-order chi connectivity index (χ1) is 18.4. The molecule has 1 saturated carbocycles. The van der Waals surface area contributed by atoms with Gasteiger partial charge < -0.3 is 4.90 Å². The van der Waals surface area contributed by atoms with Gasteiger partial charge in [0.1, 0.15) is 0 Å². The highest BCUT2D eigenvalue weighted by atomic mass is 15.1. The van der Waals surface area contributed by atoms with Crippen LogP contribution in [0.3, 0.4) is 0 Å². The van der Waals surface area contributed by atoms with E-state index in [2.05, 4.69) is 94.4 Å². The van der Waals surface area contributed by atoms with Crippen LogP contribution in [0.2, 0.25) is 0 Å². The van der Waals surface area contributed by atoms with Crippen LogP contribution in [-0.2, 0) is 0 Å². The van der Waals surface area contributed by atoms with E-state index in [1.807, 2.05) is 6.08 Å². The van der Waals surface area contributed by atoms with Gasteiger partial charge in [-0.05, 0) is 118 Å². The molecule has 0 aromatic heterocycles. The summed E-state index contributed by atoms with van der Waals surface area (Å²) < 4.78 is 0. The molecule has 38 heavy (non-hydrogen) atoms. The molecule has 0 aromatic rings. The fourth-order valence-corrected chi connectivity index (χ4v) is 4.67. The lowest BCUT2D eigenvalue weighted by Crippen LogP contribution is -2.28. The molecule has 0 radical (unpaired) electrons. The third-order valence-electron chi connectivity index (χ3n) is 7.54. The van der Waals surface area contributed by atoms with Crippen LogP contribution in [0.5, 0.6) is 0 Å². The first kappa shape index (κ1) is 34.0. The van der Waals surface area contributed by atoms with Gasteiger partial charge in [-0.2, -0.15) is 0 Å². The lowest BCUT2D eigenvalue weighted by atomic mass is 9.90. The largest absolute Gasteiger partial charge is 0.306 e. The van der Waals surface area contributed by atoms with Crippen LogP contribution in [0.1, 0.15) is 119 Å². The first-order valence-corrected chi connectivity index (χ1v) is 15.7. The van der Waals surface area contributed by atoms with E-state index < -0.39 is 0 Å². The maximum Gasteiger partial charge on any atom is 0.0411 e. The van der Waals surface area contributed by atoms with Gasteiger partial charge >= 0.3 is 0 Å². The SMILES string of the molecule is CCC=C=C=C=C=C=C(CCCC)C(C=C1CC1)CCN(C)CC(CCC)CCC(C)C=NCC(C)CC. The number of nitrogens with zero attached hydrogens (tertiary/aromatic N) is 2. The van der Waals surface area contributed by atoms with Gasteiger partial charge in [-0.15, -0.1) is 0 Å². The quantitative estimate of drug-likeness (QED) is 0.0889. The zero-order valence-corrected chi connectivity index (χ0v) is 26.0. The van der Waals surface area contributed by atoms with Gasteiger partial charge in [0.05, 0.1) is 0 Å². The lowest BCUT2D eigenvalue weighted by molar-refractivity contribution is 0.244. The first-order valence-electron chi connectivity index (χ1n) is 15.7. The van der Waals surface area contributed by atoms with Crippen LogP contribution < -0.4 is 0 Å². The molecule has 1 rings (SSSR count). The molecular weight excluding hydrogens is 460 g/mol. The molecule has 0 N–H and O–H groups in total. The van der Waals surface area contributed by atoms with Crippen molar-refractivity contribution in [1.82, 2.24) is 4.90 Å². The lowest BCUT2D eigenvalue weighted by Gasteiger charge is -2.26. The topological polar surface area (TPSA) is 15.6 Å². The summed E-state index contributed by atoms with van der Waals surface area (Å²) in [5.41, 5.74) is 18.5. The van der Waals surface area contributed by atoms with Crippen LogP contribution in [0, 0.1) is 23.7 Å². The second-order valence-electron chi connectivity index (χ2n) is 11.6. The number of hydrogen-bond acceptors (Lipinski definition) is 2. The van der Waals surface area contributed by atoms with Crippen molar-refractivity contribution >= 4 is 6.21 Å². The molecule has 4 unspecified atom stereocenters. The molecule has 0 amide bonds. The molecule has 1 fully saturated rings. The summed E-state index contributed by atoms with van der Waals surface area (Å²) in [6.45, 7) is 16.8. The van der Waals surface area contributed by atoms with E-state index in [9.17, 15) is 0 Å². The fraction of sp³-hybridized carbons (Fsp3) is 0.722. The number of aliphatic imine (C=N–C) groups is 1. The summed E-state index contributed by atoms with van der Waals surface area (Å²) in [7, 11) is 2.32. The van der Waals surface area contributed by atoms with Gasteiger partial charge in [-0.1, -0.05) is 83.9 Å². The minimum absolute atomic E-state index is 0.456. The van der Waals surface area contributed by atoms with Gasteiger partial charge in [-0.3, -0.25) is 4.99 Å². The molecule has 0 aliphatic heterocycles. The highest BCUT2D eigenvalue weighted by Gasteiger charge is 2.19. The Morgan fingerprint density at radius 2 is 1.76 bits per heavy atom. The molecule has 1 aliphatic rings. The summed E-state index contributed by atoms with van der Waals surface area (Å²) in [5, 5.41) is 0. The predicted octanol–water partition coefficient (Wildman–Crippen LogP) is 9.90. The molecule has 212 valence electrons. The predicted molar refractivity (Wildman–Crippen MR) is 168 cm³/mol. The van der Waals surface area contributed by atoms with E-state index in [0.29, 0.717) is 17.8 Å².